The maximum Gasteiger partial charge on any atom is 0.111 e. The second-order valence-electron chi connectivity index (χ2n) is 8.67. The van der Waals surface area contributed by atoms with Crippen LogP contribution in [-0.4, -0.2) is 48.4 Å². The first-order valence-electron chi connectivity index (χ1n) is 11.9. The first-order chi connectivity index (χ1) is 16.8. The zero-order valence-corrected chi connectivity index (χ0v) is 19.6. The summed E-state index contributed by atoms with van der Waals surface area (Å²) in [6.07, 6.45) is 7.07. The van der Waals surface area contributed by atoms with Crippen molar-refractivity contribution in [2.45, 2.75) is 26.2 Å². The number of piperazine rings is 1. The van der Waals surface area contributed by atoms with Crippen molar-refractivity contribution in [3.8, 4) is 11.1 Å². The first-order valence-corrected chi connectivity index (χ1v) is 11.9. The molecule has 0 atom stereocenters. The highest BCUT2D eigenvalue weighted by Crippen LogP contribution is 2.32. The Labute approximate surface area is 200 Å². The third-order valence-corrected chi connectivity index (χ3v) is 6.41. The number of hydrogen-bond acceptors (Lipinski definition) is 5. The van der Waals surface area contributed by atoms with E-state index in [1.807, 2.05) is 24.5 Å². The molecule has 1 fully saturated rings. The summed E-state index contributed by atoms with van der Waals surface area (Å²) < 4.78 is 16.0. The monoisotopic (exact) mass is 463 g/mol. The van der Waals surface area contributed by atoms with Gasteiger partial charge in [-0.25, -0.2) is 4.99 Å². The number of aliphatic imine (C=N–C) groups is 1. The number of amidine groups is 1. The van der Waals surface area contributed by atoms with E-state index in [1.54, 1.807) is 0 Å². The molecule has 0 radical (unpaired) electrons. The van der Waals surface area contributed by atoms with Crippen LogP contribution in [0.2, 0.25) is 0 Å². The van der Waals surface area contributed by atoms with Gasteiger partial charge in [-0.3, -0.25) is 9.88 Å². The molecular weight excluding hydrogens is 432 g/mol. The van der Waals surface area contributed by atoms with E-state index < -0.39 is 0 Å². The van der Waals surface area contributed by atoms with E-state index in [0.29, 0.717) is 0 Å². The Bertz CT molecular complexity index is 1100. The van der Waals surface area contributed by atoms with Crippen LogP contribution in [0.1, 0.15) is 25.3 Å². The van der Waals surface area contributed by atoms with Crippen LogP contribution in [0.3, 0.4) is 0 Å². The summed E-state index contributed by atoms with van der Waals surface area (Å²) in [5.41, 5.74) is 7.12. The lowest BCUT2D eigenvalue weighted by Crippen LogP contribution is -2.46. The molecule has 0 aliphatic carbocycles. The fraction of sp³-hybridized carbons (Fsp3) is 0.333. The zero-order valence-electron chi connectivity index (χ0n) is 19.6. The minimum atomic E-state index is 0.828. The van der Waals surface area contributed by atoms with Crippen LogP contribution >= 0.6 is 0 Å². The standard InChI is InChI=1S/C27H31N5.F2/c1-2-3-13-31-14-16-32(17-15-31)25-6-4-5-24(20-25)29-27-19-23-18-22(7-8-26(23)30-27)21-9-11-28-12-10-21;1-2/h4-12,18,20H,2-3,13-17,19H2,1H3,(H,29,30);. The van der Waals surface area contributed by atoms with E-state index in [0.717, 1.165) is 49.8 Å². The summed E-state index contributed by atoms with van der Waals surface area (Å²) in [4.78, 5) is 14.0. The van der Waals surface area contributed by atoms with Crippen molar-refractivity contribution in [1.82, 2.24) is 9.88 Å². The molecule has 2 aliphatic rings. The lowest BCUT2D eigenvalue weighted by Gasteiger charge is -2.36. The van der Waals surface area contributed by atoms with Gasteiger partial charge in [-0.05, 0) is 72.1 Å². The topological polar surface area (TPSA) is 43.8 Å². The molecule has 3 heterocycles. The zero-order chi connectivity index (χ0) is 23.8. The minimum absolute atomic E-state index is 0.828. The Morgan fingerprint density at radius 2 is 1.71 bits per heavy atom. The molecule has 0 unspecified atom stereocenters. The van der Waals surface area contributed by atoms with Crippen molar-refractivity contribution in [2.24, 2.45) is 4.99 Å². The number of benzene rings is 2. The molecule has 0 spiro atoms. The van der Waals surface area contributed by atoms with E-state index in [-0.39, 0.29) is 0 Å². The van der Waals surface area contributed by atoms with Gasteiger partial charge < -0.3 is 10.2 Å². The van der Waals surface area contributed by atoms with Crippen LogP contribution < -0.4 is 10.2 Å². The highest BCUT2D eigenvalue weighted by Gasteiger charge is 2.18. The minimum Gasteiger partial charge on any atom is -0.369 e. The molecule has 7 heteroatoms. The molecule has 5 nitrogen and oxygen atoms in total. The fourth-order valence-corrected chi connectivity index (χ4v) is 4.56. The number of nitrogens with one attached hydrogen (secondary N) is 1. The average Bonchev–Trinajstić information content (AvgIpc) is 3.31. The summed E-state index contributed by atoms with van der Waals surface area (Å²) >= 11 is 0. The number of aromatic nitrogens is 1. The second-order valence-corrected chi connectivity index (χ2v) is 8.67. The van der Waals surface area contributed by atoms with E-state index in [4.69, 9.17) is 14.1 Å². The van der Waals surface area contributed by atoms with Crippen LogP contribution in [-0.2, 0) is 6.42 Å². The lowest BCUT2D eigenvalue weighted by molar-refractivity contribution is 0.108. The van der Waals surface area contributed by atoms with Crippen LogP contribution in [0.15, 0.2) is 72.0 Å². The second kappa shape index (κ2) is 11.7. The number of pyridine rings is 1. The molecular formula is C27H31F2N5. The van der Waals surface area contributed by atoms with Crippen molar-refractivity contribution < 1.29 is 9.15 Å². The van der Waals surface area contributed by atoms with Gasteiger partial charge >= 0.3 is 0 Å². The van der Waals surface area contributed by atoms with Crippen LogP contribution in [0, 0.1) is 0 Å². The normalized spacial score (nSPS) is 15.3. The van der Waals surface area contributed by atoms with Crippen LogP contribution in [0.4, 0.5) is 26.2 Å². The van der Waals surface area contributed by atoms with Gasteiger partial charge in [0.05, 0.1) is 5.69 Å². The Balaban J connectivity index is 0.00000133. The number of nitrogens with zero attached hydrogens (tertiary/aromatic N) is 4. The summed E-state index contributed by atoms with van der Waals surface area (Å²) in [6, 6.07) is 19.4. The van der Waals surface area contributed by atoms with E-state index >= 15 is 0 Å². The quantitative estimate of drug-likeness (QED) is 0.472. The number of fused-ring (bicyclic) bond motifs is 1. The number of unbranched alkanes of at least 4 members (excludes halogenated alkanes) is 1. The predicted octanol–water partition coefficient (Wildman–Crippen LogP) is 6.21. The van der Waals surface area contributed by atoms with Gasteiger partial charge in [0, 0.05) is 65.5 Å². The summed E-state index contributed by atoms with van der Waals surface area (Å²) in [6.45, 7) is 7.99. The van der Waals surface area contributed by atoms with E-state index in [9.17, 15) is 0 Å². The average molecular weight is 464 g/mol. The van der Waals surface area contributed by atoms with Gasteiger partial charge in [-0.15, -0.1) is 0 Å². The molecule has 0 saturated carbocycles. The Morgan fingerprint density at radius 1 is 0.912 bits per heavy atom. The van der Waals surface area contributed by atoms with Gasteiger partial charge in [0.25, 0.3) is 0 Å². The van der Waals surface area contributed by atoms with Gasteiger partial charge in [-0.2, -0.15) is 0 Å². The molecule has 2 aliphatic heterocycles. The maximum atomic E-state index is 8.00. The molecule has 34 heavy (non-hydrogen) atoms. The third-order valence-electron chi connectivity index (χ3n) is 6.41. The number of anilines is 2. The molecule has 1 saturated heterocycles. The maximum absolute atomic E-state index is 8.00. The SMILES string of the molecule is CCCCN1CCN(c2cccc(NC3=Nc4ccc(-c5ccncc5)cc4C3)c2)CC1.FF. The third kappa shape index (κ3) is 5.78. The molecule has 3 aromatic rings. The Kier molecular flexibility index (Phi) is 8.20. The van der Waals surface area contributed by atoms with Crippen LogP contribution in [0.25, 0.3) is 11.1 Å². The van der Waals surface area contributed by atoms with Gasteiger partial charge in [0.15, 0.2) is 0 Å². The van der Waals surface area contributed by atoms with Crippen molar-refractivity contribution in [1.29, 1.82) is 0 Å². The molecule has 2 aromatic carbocycles. The molecule has 1 aromatic heterocycles. The molecule has 5 rings (SSSR count). The smallest absolute Gasteiger partial charge is 0.111 e. The predicted molar refractivity (Wildman–Crippen MR) is 136 cm³/mol. The Morgan fingerprint density at radius 3 is 2.47 bits per heavy atom. The van der Waals surface area contributed by atoms with Crippen molar-refractivity contribution in [3.63, 3.8) is 0 Å². The highest BCUT2D eigenvalue weighted by molar-refractivity contribution is 6.02. The van der Waals surface area contributed by atoms with E-state index in [2.05, 4.69) is 69.5 Å². The summed E-state index contributed by atoms with van der Waals surface area (Å²) in [7, 11) is 0. The lowest BCUT2D eigenvalue weighted by atomic mass is 10.0. The molecule has 1 N–H and O–H groups in total. The van der Waals surface area contributed by atoms with E-state index in [1.165, 1.54) is 41.8 Å². The van der Waals surface area contributed by atoms with Crippen molar-refractivity contribution >= 4 is 22.9 Å². The Hall–Kier alpha value is -3.32. The van der Waals surface area contributed by atoms with Crippen molar-refractivity contribution in [3.05, 3.63) is 72.6 Å². The highest BCUT2D eigenvalue weighted by atomic mass is 20.0. The molecule has 0 amide bonds. The molecule has 178 valence electrons. The first kappa shape index (κ1) is 23.8. The number of halogens is 2. The van der Waals surface area contributed by atoms with Crippen molar-refractivity contribution in [2.75, 3.05) is 42.9 Å². The molecule has 0 bridgehead atoms. The van der Waals surface area contributed by atoms with Gasteiger partial charge in [-0.1, -0.05) is 25.5 Å². The van der Waals surface area contributed by atoms with Crippen LogP contribution in [0.5, 0.6) is 0 Å². The number of hydrogen-bond donors (Lipinski definition) is 1. The largest absolute Gasteiger partial charge is 0.369 e. The summed E-state index contributed by atoms with van der Waals surface area (Å²) in [5, 5.41) is 3.57. The fourth-order valence-electron chi connectivity index (χ4n) is 4.56. The van der Waals surface area contributed by atoms with Gasteiger partial charge in [0.2, 0.25) is 0 Å². The van der Waals surface area contributed by atoms with Gasteiger partial charge in [0.1, 0.15) is 5.84 Å². The number of rotatable bonds is 6. The summed E-state index contributed by atoms with van der Waals surface area (Å²) in [5.74, 6) is 1.01.